The fourth-order valence-electron chi connectivity index (χ4n) is 8.00. The van der Waals surface area contributed by atoms with E-state index in [1.54, 1.807) is 13.2 Å². The van der Waals surface area contributed by atoms with Crippen LogP contribution in [0.1, 0.15) is 58.1 Å². The quantitative estimate of drug-likeness (QED) is 0.359. The molecule has 4 aliphatic heterocycles. The summed E-state index contributed by atoms with van der Waals surface area (Å²) in [5, 5.41) is 10.2. The van der Waals surface area contributed by atoms with Gasteiger partial charge in [0.25, 0.3) is 11.5 Å². The van der Waals surface area contributed by atoms with Crippen molar-refractivity contribution in [1.29, 1.82) is 0 Å². The molecule has 2 N–H and O–H groups in total. The average molecular weight is 701 g/mol. The lowest BCUT2D eigenvalue weighted by Gasteiger charge is -2.49. The van der Waals surface area contributed by atoms with Crippen LogP contribution < -0.4 is 21.1 Å². The Morgan fingerprint density at radius 2 is 1.70 bits per heavy atom. The number of carbonyl (C=O) groups is 3. The third kappa shape index (κ3) is 7.01. The maximum absolute atomic E-state index is 13.5. The highest BCUT2D eigenvalue weighted by atomic mass is 35.5. The first kappa shape index (κ1) is 34.2. The van der Waals surface area contributed by atoms with Crippen LogP contribution in [0.15, 0.2) is 53.5 Å². The van der Waals surface area contributed by atoms with E-state index >= 15 is 0 Å². The Labute approximate surface area is 297 Å². The number of likely N-dealkylation sites (N-methyl/N-ethyl adjacent to an activating group) is 1. The number of aryl methyl sites for hydroxylation is 2. The summed E-state index contributed by atoms with van der Waals surface area (Å²) in [6.45, 7) is 8.76. The Bertz CT molecular complexity index is 1830. The Morgan fingerprint density at radius 3 is 2.40 bits per heavy atom. The van der Waals surface area contributed by atoms with Crippen LogP contribution in [0.5, 0.6) is 0 Å². The van der Waals surface area contributed by atoms with E-state index in [-0.39, 0.29) is 46.2 Å². The number of piperidine rings is 2. The van der Waals surface area contributed by atoms with Crippen LogP contribution >= 0.6 is 11.6 Å². The second kappa shape index (κ2) is 14.2. The zero-order chi connectivity index (χ0) is 35.1. The summed E-state index contributed by atoms with van der Waals surface area (Å²) in [7, 11) is 3.67. The molecule has 0 saturated carbocycles. The molecule has 4 fully saturated rings. The van der Waals surface area contributed by atoms with E-state index in [0.717, 1.165) is 62.5 Å². The van der Waals surface area contributed by atoms with Gasteiger partial charge in [0.15, 0.2) is 0 Å². The van der Waals surface area contributed by atoms with Crippen molar-refractivity contribution in [1.82, 2.24) is 29.8 Å². The fourth-order valence-corrected chi connectivity index (χ4v) is 8.23. The second-order valence-corrected chi connectivity index (χ2v) is 14.7. The number of likely N-dealkylation sites (tertiary alicyclic amines) is 1. The van der Waals surface area contributed by atoms with Crippen molar-refractivity contribution in [2.24, 2.45) is 7.05 Å². The number of carbonyl (C=O) groups excluding carboxylic acids is 3. The number of aromatic nitrogens is 2. The van der Waals surface area contributed by atoms with Crippen molar-refractivity contribution >= 4 is 40.7 Å². The summed E-state index contributed by atoms with van der Waals surface area (Å²) >= 11 is 6.31. The molecule has 12 nitrogen and oxygen atoms in total. The van der Waals surface area contributed by atoms with Crippen LogP contribution in [0.4, 0.5) is 11.4 Å². The normalized spacial score (nSPS) is 23.8. The van der Waals surface area contributed by atoms with E-state index in [4.69, 9.17) is 11.6 Å². The highest BCUT2D eigenvalue weighted by Gasteiger charge is 2.36. The first-order valence-electron chi connectivity index (χ1n) is 17.5. The molecule has 264 valence electrons. The van der Waals surface area contributed by atoms with Gasteiger partial charge in [-0.1, -0.05) is 29.8 Å². The smallest absolute Gasteiger partial charge is 0.287 e. The van der Waals surface area contributed by atoms with E-state index in [1.807, 2.05) is 30.0 Å². The largest absolute Gasteiger partial charge is 0.378 e. The zero-order valence-corrected chi connectivity index (χ0v) is 29.7. The van der Waals surface area contributed by atoms with Crippen molar-refractivity contribution in [2.45, 2.75) is 50.1 Å². The number of anilines is 2. The number of hydrogen-bond donors (Lipinski definition) is 2. The van der Waals surface area contributed by atoms with Gasteiger partial charge in [0.1, 0.15) is 5.02 Å². The van der Waals surface area contributed by atoms with Crippen molar-refractivity contribution < 1.29 is 14.4 Å². The lowest BCUT2D eigenvalue weighted by molar-refractivity contribution is -0.134. The minimum absolute atomic E-state index is 0.0751. The molecule has 4 saturated heterocycles. The number of amides is 3. The number of hydrogen-bond acceptors (Lipinski definition) is 9. The van der Waals surface area contributed by atoms with Gasteiger partial charge in [0.05, 0.1) is 17.8 Å². The molecule has 3 atom stereocenters. The maximum atomic E-state index is 13.5. The third-order valence-electron chi connectivity index (χ3n) is 10.9. The molecule has 2 aromatic carbocycles. The number of halogens is 1. The molecule has 5 heterocycles. The van der Waals surface area contributed by atoms with Crippen LogP contribution in [0.3, 0.4) is 0 Å². The van der Waals surface area contributed by atoms with Gasteiger partial charge in [-0.05, 0) is 73.7 Å². The van der Waals surface area contributed by atoms with Crippen LogP contribution in [0, 0.1) is 6.92 Å². The minimum Gasteiger partial charge on any atom is -0.378 e. The van der Waals surface area contributed by atoms with Gasteiger partial charge in [-0.15, -0.1) is 0 Å². The van der Waals surface area contributed by atoms with E-state index in [9.17, 15) is 19.2 Å². The molecule has 50 heavy (non-hydrogen) atoms. The number of rotatable bonds is 7. The van der Waals surface area contributed by atoms with Crippen molar-refractivity contribution in [3.8, 4) is 0 Å². The van der Waals surface area contributed by atoms with Gasteiger partial charge in [-0.2, -0.15) is 5.10 Å². The molecule has 4 aliphatic rings. The van der Waals surface area contributed by atoms with Gasteiger partial charge in [0.2, 0.25) is 11.8 Å². The van der Waals surface area contributed by atoms with E-state index in [2.05, 4.69) is 61.7 Å². The fraction of sp³-hybridized carbons (Fsp3) is 0.486. The first-order chi connectivity index (χ1) is 24.0. The summed E-state index contributed by atoms with van der Waals surface area (Å²) in [6, 6.07) is 14.9. The van der Waals surface area contributed by atoms with Gasteiger partial charge in [-0.25, -0.2) is 4.68 Å². The molecule has 3 aromatic rings. The Kier molecular flexibility index (Phi) is 9.69. The van der Waals surface area contributed by atoms with E-state index < -0.39 is 0 Å². The lowest BCUT2D eigenvalue weighted by Crippen LogP contribution is -2.63. The molecule has 0 bridgehead atoms. The molecule has 1 unspecified atom stereocenters. The minimum atomic E-state index is -0.323. The number of piperazine rings is 1. The van der Waals surface area contributed by atoms with Crippen LogP contribution in [0.25, 0.3) is 0 Å². The number of imide groups is 1. The molecule has 13 heteroatoms. The summed E-state index contributed by atoms with van der Waals surface area (Å²) < 4.78 is 1.23. The molecule has 0 radical (unpaired) electrons. The van der Waals surface area contributed by atoms with Gasteiger partial charge < -0.3 is 20.0 Å². The Hall–Kier alpha value is -4.26. The van der Waals surface area contributed by atoms with Gasteiger partial charge in [0, 0.05) is 89.2 Å². The van der Waals surface area contributed by atoms with Crippen molar-refractivity contribution in [2.75, 3.05) is 69.6 Å². The summed E-state index contributed by atoms with van der Waals surface area (Å²) in [6.07, 6.45) is 3.41. The summed E-state index contributed by atoms with van der Waals surface area (Å²) in [4.78, 5) is 58.8. The SMILES string of the molecule is Cc1cc(N2CC(N3CCN(C(=O)c4ccc([C@H]5C[C@@H](Nc6cnn(C)c(=O)c6Cl)CN(C)C5)cc4)CC3)C2)ccc1C1CCC(=O)NC1=O. The number of nitrogens with zero attached hydrogens (tertiary/aromatic N) is 6. The summed E-state index contributed by atoms with van der Waals surface area (Å²) in [5.41, 5.74) is 5.36. The summed E-state index contributed by atoms with van der Waals surface area (Å²) in [5.74, 6) is -0.313. The zero-order valence-electron chi connectivity index (χ0n) is 28.9. The molecular weight excluding hydrogens is 656 g/mol. The predicted octanol–water partition coefficient (Wildman–Crippen LogP) is 2.81. The van der Waals surface area contributed by atoms with Crippen LogP contribution in [-0.4, -0.2) is 114 Å². The predicted molar refractivity (Wildman–Crippen MR) is 193 cm³/mol. The molecule has 0 spiro atoms. The lowest BCUT2D eigenvalue weighted by atomic mass is 9.87. The Balaban J connectivity index is 0.890. The molecule has 0 aliphatic carbocycles. The average Bonchev–Trinajstić information content (AvgIpc) is 3.08. The maximum Gasteiger partial charge on any atom is 0.287 e. The highest BCUT2D eigenvalue weighted by molar-refractivity contribution is 6.32. The number of benzene rings is 2. The highest BCUT2D eigenvalue weighted by Crippen LogP contribution is 2.33. The van der Waals surface area contributed by atoms with Crippen molar-refractivity contribution in [3.05, 3.63) is 86.3 Å². The van der Waals surface area contributed by atoms with Gasteiger partial charge >= 0.3 is 0 Å². The molecule has 3 amide bonds. The molecule has 1 aromatic heterocycles. The monoisotopic (exact) mass is 700 g/mol. The van der Waals surface area contributed by atoms with Gasteiger partial charge in [-0.3, -0.25) is 29.4 Å². The molecular formula is C37H45ClN8O4. The first-order valence-corrected chi connectivity index (χ1v) is 17.9. The van der Waals surface area contributed by atoms with Crippen LogP contribution in [-0.2, 0) is 16.6 Å². The second-order valence-electron chi connectivity index (χ2n) is 14.3. The Morgan fingerprint density at radius 1 is 0.960 bits per heavy atom. The number of nitrogens with one attached hydrogen (secondary N) is 2. The van der Waals surface area contributed by atoms with Crippen molar-refractivity contribution in [3.63, 3.8) is 0 Å². The van der Waals surface area contributed by atoms with E-state index in [1.165, 1.54) is 10.2 Å². The molecule has 7 rings (SSSR count). The third-order valence-corrected chi connectivity index (χ3v) is 11.3. The van der Waals surface area contributed by atoms with E-state index in [0.29, 0.717) is 43.2 Å². The standard InChI is InChI=1S/C37H45ClN8O4/c1-23-16-28(8-9-30(23)31-10-11-33(47)41-35(31)48)46-21-29(22-46)44-12-14-45(15-13-44)36(49)25-6-4-24(5-7-25)26-17-27(20-42(2)19-26)40-32-18-39-43(3)37(50)34(32)38/h4-9,16,18,26-27,29,31,40H,10-15,17,19-22H2,1-3H3,(H,41,47,48)/t26-,27+,31?/m0/s1. The topological polar surface area (TPSA) is 123 Å². The van der Waals surface area contributed by atoms with Crippen LogP contribution in [0.2, 0.25) is 5.02 Å².